The van der Waals surface area contributed by atoms with E-state index in [1.165, 1.54) is 6.20 Å². The molecule has 8 nitrogen and oxygen atoms in total. The molecule has 0 saturated carbocycles. The van der Waals surface area contributed by atoms with E-state index >= 15 is 0 Å². The molecular formula is C22H24N4O4. The van der Waals surface area contributed by atoms with Gasteiger partial charge in [-0.1, -0.05) is 6.92 Å². The Morgan fingerprint density at radius 1 is 1.30 bits per heavy atom. The fourth-order valence-electron chi connectivity index (χ4n) is 3.81. The van der Waals surface area contributed by atoms with E-state index in [-0.39, 0.29) is 16.9 Å². The number of fused-ring (bicyclic) bond motifs is 2. The smallest absolute Gasteiger partial charge is 0.261 e. The van der Waals surface area contributed by atoms with Crippen LogP contribution in [0.15, 0.2) is 36.8 Å². The summed E-state index contributed by atoms with van der Waals surface area (Å²) < 4.78 is 19.1. The lowest BCUT2D eigenvalue weighted by molar-refractivity contribution is -0.120. The fraction of sp³-hybridized carbons (Fsp3) is 0.409. The predicted octanol–water partition coefficient (Wildman–Crippen LogP) is 3.11. The number of anilines is 1. The molecule has 2 aliphatic rings. The number of ether oxygens (including phenoxy) is 3. The Morgan fingerprint density at radius 3 is 2.90 bits per heavy atom. The summed E-state index contributed by atoms with van der Waals surface area (Å²) in [5.74, 6) is 1.09. The number of nitrogens with one attached hydrogen (secondary N) is 1. The van der Waals surface area contributed by atoms with Gasteiger partial charge in [-0.3, -0.25) is 4.79 Å². The Hall–Kier alpha value is -3.13. The third kappa shape index (κ3) is 3.37. The lowest BCUT2D eigenvalue weighted by Gasteiger charge is -2.37. The van der Waals surface area contributed by atoms with Crippen molar-refractivity contribution >= 4 is 17.2 Å². The van der Waals surface area contributed by atoms with Gasteiger partial charge in [0, 0.05) is 35.9 Å². The van der Waals surface area contributed by atoms with Crippen LogP contribution >= 0.6 is 0 Å². The van der Waals surface area contributed by atoms with E-state index in [0.717, 1.165) is 17.7 Å². The highest BCUT2D eigenvalue weighted by Crippen LogP contribution is 2.42. The first-order chi connectivity index (χ1) is 14.3. The largest absolute Gasteiger partial charge is 0.491 e. The van der Waals surface area contributed by atoms with Gasteiger partial charge in [0.1, 0.15) is 22.7 Å². The standard InChI is InChI=1S/C22H24N4O4/c1-21(2)9-14-7-16(18(8-17(14)30-21)29-13-22(3)11-28-12-22)25-20(27)15-10-24-26-6-4-5-23-19(15)26/h4-8,10H,9,11-13H2,1-3H3,(H,25,27). The van der Waals surface area contributed by atoms with Crippen LogP contribution in [0.4, 0.5) is 5.69 Å². The molecule has 1 N–H and O–H groups in total. The molecule has 5 rings (SSSR count). The number of benzene rings is 1. The van der Waals surface area contributed by atoms with E-state index in [1.807, 2.05) is 26.0 Å². The van der Waals surface area contributed by atoms with Gasteiger partial charge in [0.2, 0.25) is 0 Å². The van der Waals surface area contributed by atoms with Crippen LogP contribution in [0.1, 0.15) is 36.7 Å². The average molecular weight is 408 g/mol. The Labute approximate surface area is 174 Å². The third-order valence-electron chi connectivity index (χ3n) is 5.41. The maximum atomic E-state index is 13.0. The summed E-state index contributed by atoms with van der Waals surface area (Å²) in [5, 5.41) is 7.19. The second-order valence-corrected chi connectivity index (χ2v) is 8.99. The maximum absolute atomic E-state index is 13.0. The Bertz CT molecular complexity index is 1130. The van der Waals surface area contributed by atoms with Crippen molar-refractivity contribution in [3.8, 4) is 11.5 Å². The van der Waals surface area contributed by atoms with E-state index in [1.54, 1.807) is 23.0 Å². The van der Waals surface area contributed by atoms with E-state index < -0.39 is 0 Å². The van der Waals surface area contributed by atoms with Crippen molar-refractivity contribution in [2.24, 2.45) is 5.41 Å². The molecule has 156 valence electrons. The van der Waals surface area contributed by atoms with E-state index in [4.69, 9.17) is 14.2 Å². The van der Waals surface area contributed by atoms with Crippen LogP contribution < -0.4 is 14.8 Å². The zero-order chi connectivity index (χ0) is 20.9. The molecule has 8 heteroatoms. The summed E-state index contributed by atoms with van der Waals surface area (Å²) in [6.45, 7) is 8.03. The second-order valence-electron chi connectivity index (χ2n) is 8.99. The summed E-state index contributed by atoms with van der Waals surface area (Å²) in [6.07, 6.45) is 5.67. The van der Waals surface area contributed by atoms with Gasteiger partial charge in [-0.15, -0.1) is 0 Å². The minimum atomic E-state index is -0.289. The summed E-state index contributed by atoms with van der Waals surface area (Å²) in [6, 6.07) is 5.58. The van der Waals surface area contributed by atoms with Gasteiger partial charge in [0.05, 0.1) is 31.7 Å². The van der Waals surface area contributed by atoms with Gasteiger partial charge in [0.25, 0.3) is 5.91 Å². The number of carbonyl (C=O) groups excluding carboxylic acids is 1. The highest BCUT2D eigenvalue weighted by molar-refractivity contribution is 6.08. The highest BCUT2D eigenvalue weighted by Gasteiger charge is 2.36. The first-order valence-corrected chi connectivity index (χ1v) is 9.98. The van der Waals surface area contributed by atoms with Crippen molar-refractivity contribution in [3.63, 3.8) is 0 Å². The van der Waals surface area contributed by atoms with Crippen molar-refractivity contribution in [2.45, 2.75) is 32.8 Å². The first-order valence-electron chi connectivity index (χ1n) is 9.98. The molecule has 4 heterocycles. The summed E-state index contributed by atoms with van der Waals surface area (Å²) >= 11 is 0. The van der Waals surface area contributed by atoms with Gasteiger partial charge in [-0.2, -0.15) is 5.10 Å². The lowest BCUT2D eigenvalue weighted by Crippen LogP contribution is -2.44. The van der Waals surface area contributed by atoms with Gasteiger partial charge in [-0.05, 0) is 26.0 Å². The molecule has 0 aliphatic carbocycles. The van der Waals surface area contributed by atoms with Crippen LogP contribution in [-0.4, -0.2) is 45.9 Å². The van der Waals surface area contributed by atoms with Crippen LogP contribution in [0.5, 0.6) is 11.5 Å². The lowest BCUT2D eigenvalue weighted by atomic mass is 9.90. The minimum absolute atomic E-state index is 0.0211. The van der Waals surface area contributed by atoms with Gasteiger partial charge < -0.3 is 19.5 Å². The van der Waals surface area contributed by atoms with Crippen LogP contribution in [0.3, 0.4) is 0 Å². The van der Waals surface area contributed by atoms with Crippen molar-refractivity contribution in [1.82, 2.24) is 14.6 Å². The molecule has 1 amide bonds. The number of carbonyl (C=O) groups is 1. The summed E-state index contributed by atoms with van der Waals surface area (Å²) in [5.41, 5.74) is 2.24. The molecule has 1 saturated heterocycles. The molecule has 0 bridgehead atoms. The number of hydrogen-bond acceptors (Lipinski definition) is 6. The van der Waals surface area contributed by atoms with E-state index in [0.29, 0.717) is 42.5 Å². The van der Waals surface area contributed by atoms with Gasteiger partial charge in [-0.25, -0.2) is 9.50 Å². The number of amides is 1. The van der Waals surface area contributed by atoms with Crippen LogP contribution in [-0.2, 0) is 11.2 Å². The molecule has 30 heavy (non-hydrogen) atoms. The number of rotatable bonds is 5. The predicted molar refractivity (Wildman–Crippen MR) is 110 cm³/mol. The average Bonchev–Trinajstić information content (AvgIpc) is 3.23. The van der Waals surface area contributed by atoms with E-state index in [9.17, 15) is 4.79 Å². The van der Waals surface area contributed by atoms with Gasteiger partial charge in [0.15, 0.2) is 5.65 Å². The zero-order valence-corrected chi connectivity index (χ0v) is 17.3. The molecule has 0 radical (unpaired) electrons. The maximum Gasteiger partial charge on any atom is 0.261 e. The second kappa shape index (κ2) is 6.70. The molecule has 0 spiro atoms. The minimum Gasteiger partial charge on any atom is -0.491 e. The summed E-state index contributed by atoms with van der Waals surface area (Å²) in [7, 11) is 0. The Kier molecular flexibility index (Phi) is 4.21. The molecular weight excluding hydrogens is 384 g/mol. The van der Waals surface area contributed by atoms with Crippen molar-refractivity contribution < 1.29 is 19.0 Å². The number of aromatic nitrogens is 3. The number of nitrogens with zero attached hydrogens (tertiary/aromatic N) is 3. The monoisotopic (exact) mass is 408 g/mol. The van der Waals surface area contributed by atoms with Crippen LogP contribution in [0.25, 0.3) is 5.65 Å². The Balaban J connectivity index is 1.45. The van der Waals surface area contributed by atoms with Crippen molar-refractivity contribution in [3.05, 3.63) is 47.9 Å². The Morgan fingerprint density at radius 2 is 2.13 bits per heavy atom. The van der Waals surface area contributed by atoms with Gasteiger partial charge >= 0.3 is 0 Å². The number of hydrogen-bond donors (Lipinski definition) is 1. The van der Waals surface area contributed by atoms with Crippen molar-refractivity contribution in [1.29, 1.82) is 0 Å². The molecule has 2 aliphatic heterocycles. The molecule has 0 unspecified atom stereocenters. The topological polar surface area (TPSA) is 87.0 Å². The SMILES string of the molecule is CC1(COc2cc3c(cc2NC(=O)c2cnn4cccnc24)CC(C)(C)O3)COC1. The highest BCUT2D eigenvalue weighted by atomic mass is 16.5. The molecule has 2 aromatic heterocycles. The normalized spacial score (nSPS) is 18.4. The van der Waals surface area contributed by atoms with Crippen molar-refractivity contribution in [2.75, 3.05) is 25.1 Å². The molecule has 3 aromatic rings. The third-order valence-corrected chi connectivity index (χ3v) is 5.41. The van der Waals surface area contributed by atoms with Crippen LogP contribution in [0.2, 0.25) is 0 Å². The summed E-state index contributed by atoms with van der Waals surface area (Å²) in [4.78, 5) is 17.3. The van der Waals surface area contributed by atoms with E-state index in [2.05, 4.69) is 22.3 Å². The zero-order valence-electron chi connectivity index (χ0n) is 17.3. The molecule has 1 fully saturated rings. The quantitative estimate of drug-likeness (QED) is 0.698. The fourth-order valence-corrected chi connectivity index (χ4v) is 3.81. The molecule has 1 aromatic carbocycles. The van der Waals surface area contributed by atoms with Crippen LogP contribution in [0, 0.1) is 5.41 Å². The molecule has 0 atom stereocenters. The first kappa shape index (κ1) is 18.9.